The molecule has 22 heavy (non-hydrogen) atoms. The molecule has 0 aromatic rings. The lowest BCUT2D eigenvalue weighted by molar-refractivity contribution is -0.141. The number of thiol groups is 2. The standard InChI is InChI=1S/C11H19N3O6S2/c12-5(10(17)18)1-2-8(15)13-6(3-21)9(16)14-7(4-22)11(19)20/h5-7,21-22H,1-4,12H2,(H,13,15)(H,14,16)(H,17,18)(H,19,20). The molecule has 0 saturated heterocycles. The molecule has 0 bridgehead atoms. The fourth-order valence-electron chi connectivity index (χ4n) is 1.33. The maximum absolute atomic E-state index is 11.8. The largest absolute Gasteiger partial charge is 0.480 e. The van der Waals surface area contributed by atoms with Gasteiger partial charge in [-0.1, -0.05) is 0 Å². The van der Waals surface area contributed by atoms with Crippen LogP contribution in [0.5, 0.6) is 0 Å². The van der Waals surface area contributed by atoms with Crippen LogP contribution in [0.1, 0.15) is 12.8 Å². The zero-order valence-corrected chi connectivity index (χ0v) is 13.3. The quantitative estimate of drug-likeness (QED) is 0.226. The van der Waals surface area contributed by atoms with Crippen molar-refractivity contribution in [3.05, 3.63) is 0 Å². The van der Waals surface area contributed by atoms with Gasteiger partial charge in [0.1, 0.15) is 18.1 Å². The number of carboxylic acid groups (broad SMARTS) is 2. The van der Waals surface area contributed by atoms with Crippen molar-refractivity contribution < 1.29 is 29.4 Å². The second kappa shape index (κ2) is 10.3. The molecule has 11 heteroatoms. The monoisotopic (exact) mass is 353 g/mol. The van der Waals surface area contributed by atoms with Gasteiger partial charge in [0.25, 0.3) is 0 Å². The van der Waals surface area contributed by atoms with Crippen LogP contribution >= 0.6 is 25.3 Å². The van der Waals surface area contributed by atoms with Gasteiger partial charge in [-0.25, -0.2) is 4.79 Å². The van der Waals surface area contributed by atoms with E-state index < -0.39 is 41.9 Å². The number of amides is 2. The van der Waals surface area contributed by atoms with Gasteiger partial charge >= 0.3 is 11.9 Å². The van der Waals surface area contributed by atoms with Crippen LogP contribution in [0.4, 0.5) is 0 Å². The average molecular weight is 353 g/mol. The molecule has 0 radical (unpaired) electrons. The van der Waals surface area contributed by atoms with Crippen molar-refractivity contribution >= 4 is 49.0 Å². The van der Waals surface area contributed by atoms with Crippen LogP contribution in [0.15, 0.2) is 0 Å². The van der Waals surface area contributed by atoms with Crippen LogP contribution in [0.25, 0.3) is 0 Å². The number of nitrogens with two attached hydrogens (primary N) is 1. The van der Waals surface area contributed by atoms with E-state index in [1.165, 1.54) is 0 Å². The molecule has 0 saturated carbocycles. The van der Waals surface area contributed by atoms with E-state index in [4.69, 9.17) is 15.9 Å². The maximum atomic E-state index is 11.8. The molecule has 2 amide bonds. The Labute approximate surface area is 137 Å². The predicted octanol–water partition coefficient (Wildman–Crippen LogP) is -1.91. The van der Waals surface area contributed by atoms with Crippen molar-refractivity contribution in [2.24, 2.45) is 5.73 Å². The summed E-state index contributed by atoms with van der Waals surface area (Å²) in [6.45, 7) is 0. The molecule has 0 aromatic heterocycles. The molecular weight excluding hydrogens is 334 g/mol. The Hall–Kier alpha value is -1.46. The lowest BCUT2D eigenvalue weighted by Crippen LogP contribution is -2.53. The fraction of sp³-hybridized carbons (Fsp3) is 0.636. The molecule has 0 spiro atoms. The van der Waals surface area contributed by atoms with Crippen LogP contribution in [-0.2, 0) is 19.2 Å². The molecule has 3 unspecified atom stereocenters. The molecule has 0 fully saturated rings. The van der Waals surface area contributed by atoms with Crippen molar-refractivity contribution in [2.75, 3.05) is 11.5 Å². The molecule has 3 atom stereocenters. The predicted molar refractivity (Wildman–Crippen MR) is 84.0 cm³/mol. The molecule has 0 aromatic carbocycles. The van der Waals surface area contributed by atoms with Crippen molar-refractivity contribution in [1.29, 1.82) is 0 Å². The third-order valence-corrected chi connectivity index (χ3v) is 3.36. The Bertz CT molecular complexity index is 434. The first-order chi connectivity index (χ1) is 10.2. The molecule has 9 nitrogen and oxygen atoms in total. The Morgan fingerprint density at radius 1 is 0.955 bits per heavy atom. The number of nitrogens with one attached hydrogen (secondary N) is 2. The fourth-order valence-corrected chi connectivity index (χ4v) is 1.83. The Balaban J connectivity index is 4.45. The molecule has 0 rings (SSSR count). The maximum Gasteiger partial charge on any atom is 0.327 e. The first-order valence-electron chi connectivity index (χ1n) is 6.25. The normalized spacial score (nSPS) is 14.5. The van der Waals surface area contributed by atoms with Crippen molar-refractivity contribution in [3.8, 4) is 0 Å². The summed E-state index contributed by atoms with van der Waals surface area (Å²) in [4.78, 5) is 44.8. The highest BCUT2D eigenvalue weighted by Gasteiger charge is 2.25. The van der Waals surface area contributed by atoms with Crippen LogP contribution in [-0.4, -0.2) is 63.6 Å². The van der Waals surface area contributed by atoms with Crippen LogP contribution in [0, 0.1) is 0 Å². The van der Waals surface area contributed by atoms with Gasteiger partial charge in [0.15, 0.2) is 0 Å². The van der Waals surface area contributed by atoms with Gasteiger partial charge in [-0.15, -0.1) is 0 Å². The smallest absolute Gasteiger partial charge is 0.327 e. The summed E-state index contributed by atoms with van der Waals surface area (Å²) in [5.41, 5.74) is 5.26. The van der Waals surface area contributed by atoms with E-state index in [2.05, 4.69) is 35.9 Å². The highest BCUT2D eigenvalue weighted by atomic mass is 32.1. The first kappa shape index (κ1) is 20.5. The summed E-state index contributed by atoms with van der Waals surface area (Å²) in [6, 6.07) is -3.40. The number of carbonyl (C=O) groups excluding carboxylic acids is 2. The Morgan fingerprint density at radius 2 is 1.50 bits per heavy atom. The molecule has 0 aliphatic heterocycles. The lowest BCUT2D eigenvalue weighted by Gasteiger charge is -2.19. The topological polar surface area (TPSA) is 159 Å². The number of hydrogen-bond acceptors (Lipinski definition) is 7. The third-order valence-electron chi connectivity index (χ3n) is 2.63. The number of carboxylic acids is 2. The van der Waals surface area contributed by atoms with Gasteiger partial charge in [-0.2, -0.15) is 25.3 Å². The number of carbonyl (C=O) groups is 4. The molecule has 0 aliphatic rings. The van der Waals surface area contributed by atoms with Gasteiger partial charge in [-0.3, -0.25) is 14.4 Å². The van der Waals surface area contributed by atoms with Crippen molar-refractivity contribution in [2.45, 2.75) is 31.0 Å². The minimum atomic E-state index is -1.25. The second-order valence-corrected chi connectivity index (χ2v) is 5.10. The SMILES string of the molecule is NC(CCC(=O)NC(CS)C(=O)NC(CS)C(=O)O)C(=O)O. The minimum Gasteiger partial charge on any atom is -0.480 e. The molecule has 0 heterocycles. The van der Waals surface area contributed by atoms with E-state index in [1.807, 2.05) is 0 Å². The summed E-state index contributed by atoms with van der Waals surface area (Å²) >= 11 is 7.71. The number of rotatable bonds is 10. The second-order valence-electron chi connectivity index (χ2n) is 4.37. The van der Waals surface area contributed by atoms with Gasteiger partial charge in [0, 0.05) is 17.9 Å². The number of aliphatic carboxylic acids is 2. The van der Waals surface area contributed by atoms with E-state index in [0.29, 0.717) is 0 Å². The zero-order chi connectivity index (χ0) is 17.3. The molecule has 6 N–H and O–H groups in total. The minimum absolute atomic E-state index is 0.0541. The first-order valence-corrected chi connectivity index (χ1v) is 7.52. The summed E-state index contributed by atoms with van der Waals surface area (Å²) < 4.78 is 0. The van der Waals surface area contributed by atoms with E-state index in [1.54, 1.807) is 0 Å². The zero-order valence-electron chi connectivity index (χ0n) is 11.6. The van der Waals surface area contributed by atoms with Crippen LogP contribution in [0.3, 0.4) is 0 Å². The van der Waals surface area contributed by atoms with Gasteiger partial charge < -0.3 is 26.6 Å². The molecule has 126 valence electrons. The van der Waals surface area contributed by atoms with E-state index in [9.17, 15) is 19.2 Å². The summed E-state index contributed by atoms with van der Waals surface area (Å²) in [6.07, 6.45) is -0.267. The van der Waals surface area contributed by atoms with Crippen LogP contribution < -0.4 is 16.4 Å². The van der Waals surface area contributed by atoms with Crippen LogP contribution in [0.2, 0.25) is 0 Å². The van der Waals surface area contributed by atoms with Gasteiger partial charge in [0.2, 0.25) is 11.8 Å². The highest BCUT2D eigenvalue weighted by Crippen LogP contribution is 1.98. The Kier molecular flexibility index (Phi) is 9.61. The van der Waals surface area contributed by atoms with Crippen molar-refractivity contribution in [3.63, 3.8) is 0 Å². The van der Waals surface area contributed by atoms with E-state index >= 15 is 0 Å². The van der Waals surface area contributed by atoms with E-state index in [-0.39, 0.29) is 24.3 Å². The number of hydrogen-bond donors (Lipinski definition) is 7. The summed E-state index contributed by atoms with van der Waals surface area (Å²) in [7, 11) is 0. The van der Waals surface area contributed by atoms with Gasteiger partial charge in [-0.05, 0) is 6.42 Å². The van der Waals surface area contributed by atoms with Gasteiger partial charge in [0.05, 0.1) is 0 Å². The molecule has 0 aliphatic carbocycles. The molecular formula is C11H19N3O6S2. The summed E-state index contributed by atoms with van der Waals surface area (Å²) in [5, 5.41) is 22.0. The third kappa shape index (κ3) is 7.52. The Morgan fingerprint density at radius 3 is 1.91 bits per heavy atom. The lowest BCUT2D eigenvalue weighted by atomic mass is 10.1. The average Bonchev–Trinajstić information content (AvgIpc) is 2.46. The van der Waals surface area contributed by atoms with E-state index in [0.717, 1.165) is 0 Å². The highest BCUT2D eigenvalue weighted by molar-refractivity contribution is 7.80. The van der Waals surface area contributed by atoms with Crippen molar-refractivity contribution in [1.82, 2.24) is 10.6 Å². The summed E-state index contributed by atoms with van der Waals surface area (Å²) in [5.74, 6) is -3.94.